The van der Waals surface area contributed by atoms with Gasteiger partial charge >= 0.3 is 11.9 Å². The van der Waals surface area contributed by atoms with Gasteiger partial charge in [-0.05, 0) is 30.5 Å². The van der Waals surface area contributed by atoms with E-state index in [9.17, 15) is 9.59 Å². The number of benzene rings is 1. The highest BCUT2D eigenvalue weighted by Crippen LogP contribution is 2.34. The molecule has 1 heterocycles. The Hall–Kier alpha value is -1.83. The van der Waals surface area contributed by atoms with Crippen LogP contribution in [0.2, 0.25) is 5.02 Å². The third kappa shape index (κ3) is 6.37. The van der Waals surface area contributed by atoms with Gasteiger partial charge in [0.2, 0.25) is 0 Å². The fourth-order valence-electron chi connectivity index (χ4n) is 2.69. The molecule has 7 nitrogen and oxygen atoms in total. The van der Waals surface area contributed by atoms with E-state index in [2.05, 4.69) is 20.8 Å². The zero-order valence-corrected chi connectivity index (χ0v) is 17.0. The minimum absolute atomic E-state index is 0.114. The predicted molar refractivity (Wildman–Crippen MR) is 99.2 cm³/mol. The standard InChI is InChI=1S/C19H26ClNO6/c1-12(24-13(2)22)18(23)26-27-21-9-8-15(11-21)25-17-7-6-14(20)10-16(17)19(3,4)5/h6-7,10,12,15H,8-9,11H2,1-5H3. The summed E-state index contributed by atoms with van der Waals surface area (Å²) in [6.45, 7) is 9.89. The van der Waals surface area contributed by atoms with E-state index in [4.69, 9.17) is 31.0 Å². The van der Waals surface area contributed by atoms with Gasteiger partial charge in [0, 0.05) is 30.5 Å². The molecule has 2 unspecified atom stereocenters. The summed E-state index contributed by atoms with van der Waals surface area (Å²) in [6.07, 6.45) is -0.430. The van der Waals surface area contributed by atoms with Gasteiger partial charge in [-0.25, -0.2) is 4.79 Å². The first-order chi connectivity index (χ1) is 12.6. The van der Waals surface area contributed by atoms with Crippen LogP contribution >= 0.6 is 11.6 Å². The van der Waals surface area contributed by atoms with Crippen molar-refractivity contribution in [3.63, 3.8) is 0 Å². The SMILES string of the molecule is CC(=O)OC(C)C(=O)OON1CCC(Oc2ccc(Cl)cc2C(C)(C)C)C1. The largest absolute Gasteiger partial charge is 0.489 e. The van der Waals surface area contributed by atoms with Crippen molar-refractivity contribution >= 4 is 23.5 Å². The van der Waals surface area contributed by atoms with Crippen LogP contribution in [0.4, 0.5) is 0 Å². The van der Waals surface area contributed by atoms with Gasteiger partial charge in [-0.15, -0.1) is 5.06 Å². The molecule has 0 amide bonds. The maximum absolute atomic E-state index is 11.7. The molecular weight excluding hydrogens is 374 g/mol. The fourth-order valence-corrected chi connectivity index (χ4v) is 2.86. The van der Waals surface area contributed by atoms with Crippen LogP contribution in [0.5, 0.6) is 5.75 Å². The maximum Gasteiger partial charge on any atom is 0.384 e. The molecule has 1 aliphatic rings. The Bertz CT molecular complexity index is 687. The number of carbonyl (C=O) groups is 2. The van der Waals surface area contributed by atoms with Crippen LogP contribution in [0.15, 0.2) is 18.2 Å². The lowest BCUT2D eigenvalue weighted by Gasteiger charge is -2.25. The first kappa shape index (κ1) is 21.5. The number of carbonyl (C=O) groups excluding carboxylic acids is 2. The maximum atomic E-state index is 11.7. The number of ether oxygens (including phenoxy) is 2. The molecule has 0 aliphatic carbocycles. The lowest BCUT2D eigenvalue weighted by Crippen LogP contribution is -2.31. The number of hydrogen-bond donors (Lipinski definition) is 0. The lowest BCUT2D eigenvalue weighted by atomic mass is 9.86. The number of hydrogen-bond acceptors (Lipinski definition) is 7. The molecule has 2 atom stereocenters. The van der Waals surface area contributed by atoms with Gasteiger partial charge in [0.15, 0.2) is 6.10 Å². The van der Waals surface area contributed by atoms with Gasteiger partial charge in [0.05, 0.1) is 6.54 Å². The molecule has 8 heteroatoms. The molecule has 1 aromatic rings. The van der Waals surface area contributed by atoms with Crippen LogP contribution in [0.1, 0.15) is 46.6 Å². The van der Waals surface area contributed by atoms with Crippen LogP contribution in [0.25, 0.3) is 0 Å². The molecular formula is C19H26ClNO6. The fraction of sp³-hybridized carbons (Fsp3) is 0.579. The normalized spacial score (nSPS) is 18.8. The summed E-state index contributed by atoms with van der Waals surface area (Å²) in [5, 5.41) is 2.16. The molecule has 1 aromatic carbocycles. The minimum Gasteiger partial charge on any atom is -0.489 e. The zero-order chi connectivity index (χ0) is 20.2. The Morgan fingerprint density at radius 1 is 1.30 bits per heavy atom. The van der Waals surface area contributed by atoms with Gasteiger partial charge in [0.1, 0.15) is 11.9 Å². The Labute approximate surface area is 164 Å². The van der Waals surface area contributed by atoms with Crippen molar-refractivity contribution in [3.05, 3.63) is 28.8 Å². The van der Waals surface area contributed by atoms with Crippen LogP contribution < -0.4 is 4.74 Å². The first-order valence-electron chi connectivity index (χ1n) is 8.83. The van der Waals surface area contributed by atoms with E-state index in [1.165, 1.54) is 18.9 Å². The number of hydroxylamine groups is 2. The van der Waals surface area contributed by atoms with Crippen molar-refractivity contribution < 1.29 is 28.9 Å². The third-order valence-electron chi connectivity index (χ3n) is 4.05. The number of rotatable bonds is 6. The molecule has 1 fully saturated rings. The highest BCUT2D eigenvalue weighted by Gasteiger charge is 2.29. The van der Waals surface area contributed by atoms with Gasteiger partial charge in [0.25, 0.3) is 0 Å². The molecule has 0 radical (unpaired) electrons. The summed E-state index contributed by atoms with van der Waals surface area (Å²) in [5.41, 5.74) is 0.910. The van der Waals surface area contributed by atoms with E-state index >= 15 is 0 Å². The molecule has 0 spiro atoms. The third-order valence-corrected chi connectivity index (χ3v) is 4.29. The van der Waals surface area contributed by atoms with E-state index in [0.717, 1.165) is 11.3 Å². The van der Waals surface area contributed by atoms with Crippen LogP contribution in [-0.4, -0.2) is 42.3 Å². The monoisotopic (exact) mass is 399 g/mol. The van der Waals surface area contributed by atoms with Crippen molar-refractivity contribution in [3.8, 4) is 5.75 Å². The Balaban J connectivity index is 1.88. The van der Waals surface area contributed by atoms with Crippen molar-refractivity contribution in [2.45, 2.75) is 58.7 Å². The lowest BCUT2D eigenvalue weighted by molar-refractivity contribution is -0.395. The Morgan fingerprint density at radius 2 is 2.00 bits per heavy atom. The predicted octanol–water partition coefficient (Wildman–Crippen LogP) is 3.43. The average molecular weight is 400 g/mol. The average Bonchev–Trinajstić information content (AvgIpc) is 3.00. The summed E-state index contributed by atoms with van der Waals surface area (Å²) in [4.78, 5) is 32.3. The summed E-state index contributed by atoms with van der Waals surface area (Å²) in [5.74, 6) is -0.562. The van der Waals surface area contributed by atoms with Crippen LogP contribution in [0.3, 0.4) is 0 Å². The Morgan fingerprint density at radius 3 is 2.63 bits per heavy atom. The number of nitrogens with zero attached hydrogens (tertiary/aromatic N) is 1. The highest BCUT2D eigenvalue weighted by molar-refractivity contribution is 6.30. The van der Waals surface area contributed by atoms with Gasteiger partial charge in [-0.2, -0.15) is 0 Å². The topological polar surface area (TPSA) is 74.3 Å². The quantitative estimate of drug-likeness (QED) is 0.412. The molecule has 150 valence electrons. The smallest absolute Gasteiger partial charge is 0.384 e. The molecule has 0 aromatic heterocycles. The second kappa shape index (κ2) is 8.91. The minimum atomic E-state index is -1.03. The summed E-state index contributed by atoms with van der Waals surface area (Å²) >= 11 is 6.13. The van der Waals surface area contributed by atoms with Crippen molar-refractivity contribution in [1.29, 1.82) is 0 Å². The van der Waals surface area contributed by atoms with Crippen LogP contribution in [0, 0.1) is 0 Å². The zero-order valence-electron chi connectivity index (χ0n) is 16.3. The van der Waals surface area contributed by atoms with E-state index < -0.39 is 18.0 Å². The Kier molecular flexibility index (Phi) is 7.08. The summed E-state index contributed by atoms with van der Waals surface area (Å²) in [7, 11) is 0. The van der Waals surface area contributed by atoms with Crippen LogP contribution in [-0.2, 0) is 29.6 Å². The second-order valence-corrected chi connectivity index (χ2v) is 7.97. The molecule has 2 rings (SSSR count). The summed E-state index contributed by atoms with van der Waals surface area (Å²) < 4.78 is 10.9. The molecule has 0 bridgehead atoms. The molecule has 27 heavy (non-hydrogen) atoms. The molecule has 1 saturated heterocycles. The van der Waals surface area contributed by atoms with E-state index in [1.807, 2.05) is 12.1 Å². The van der Waals surface area contributed by atoms with Gasteiger partial charge < -0.3 is 9.47 Å². The molecule has 0 N–H and O–H groups in total. The molecule has 0 saturated carbocycles. The highest BCUT2D eigenvalue weighted by atomic mass is 35.5. The van der Waals surface area contributed by atoms with Crippen molar-refractivity contribution in [1.82, 2.24) is 5.06 Å². The van der Waals surface area contributed by atoms with Gasteiger partial charge in [-0.1, -0.05) is 37.4 Å². The first-order valence-corrected chi connectivity index (χ1v) is 9.21. The van der Waals surface area contributed by atoms with Gasteiger partial charge in [-0.3, -0.25) is 9.68 Å². The summed E-state index contributed by atoms with van der Waals surface area (Å²) in [6, 6.07) is 5.58. The number of halogens is 1. The second-order valence-electron chi connectivity index (χ2n) is 7.54. The van der Waals surface area contributed by atoms with E-state index in [0.29, 0.717) is 24.5 Å². The van der Waals surface area contributed by atoms with Crippen molar-refractivity contribution in [2.24, 2.45) is 0 Å². The van der Waals surface area contributed by atoms with E-state index in [-0.39, 0.29) is 11.5 Å². The van der Waals surface area contributed by atoms with Crippen molar-refractivity contribution in [2.75, 3.05) is 13.1 Å². The number of esters is 1. The van der Waals surface area contributed by atoms with E-state index in [1.54, 1.807) is 6.07 Å². The molecule has 1 aliphatic heterocycles.